The predicted octanol–water partition coefficient (Wildman–Crippen LogP) is 3.75. The maximum Gasteiger partial charge on any atom is 0.322 e. The van der Waals surface area contributed by atoms with Crippen LogP contribution >= 0.6 is 11.5 Å². The van der Waals surface area contributed by atoms with Gasteiger partial charge in [-0.25, -0.2) is 9.78 Å². The summed E-state index contributed by atoms with van der Waals surface area (Å²) in [7, 11) is 1.66. The number of carbonyl (C=O) groups excluding carboxylic acids is 1. The van der Waals surface area contributed by atoms with E-state index in [2.05, 4.69) is 20.7 Å². The van der Waals surface area contributed by atoms with Crippen molar-refractivity contribution in [2.24, 2.45) is 0 Å². The van der Waals surface area contributed by atoms with Crippen LogP contribution in [0.2, 0.25) is 0 Å². The highest BCUT2D eigenvalue weighted by Crippen LogP contribution is 2.24. The molecule has 9 heteroatoms. The molecule has 1 aromatic heterocycles. The second-order valence-corrected chi connectivity index (χ2v) is 8.36. The number of hydrogen-bond acceptors (Lipinski definition) is 7. The van der Waals surface area contributed by atoms with Crippen molar-refractivity contribution in [3.05, 3.63) is 65.5 Å². The van der Waals surface area contributed by atoms with E-state index in [0.717, 1.165) is 22.3 Å². The normalized spacial score (nSPS) is 15.8. The number of aromatic nitrogens is 2. The van der Waals surface area contributed by atoms with E-state index in [9.17, 15) is 4.79 Å². The van der Waals surface area contributed by atoms with E-state index in [4.69, 9.17) is 15.0 Å². The number of nitrogens with zero attached hydrogens (tertiary/aromatic N) is 5. The number of hydrogen-bond donors (Lipinski definition) is 1. The average molecular weight is 449 g/mol. The second kappa shape index (κ2) is 9.66. The van der Waals surface area contributed by atoms with E-state index in [1.807, 2.05) is 36.1 Å². The lowest BCUT2D eigenvalue weighted by Gasteiger charge is -2.39. The van der Waals surface area contributed by atoms with Gasteiger partial charge in [0.2, 0.25) is 5.13 Å². The van der Waals surface area contributed by atoms with Gasteiger partial charge < -0.3 is 19.9 Å². The van der Waals surface area contributed by atoms with E-state index in [1.54, 1.807) is 31.4 Å². The SMILES string of the molecule is COc1cccc(Cc2nsc(N3CCN(C(=O)Nc4ccc(C#N)cc4)C(C)C3)n2)c1. The van der Waals surface area contributed by atoms with Crippen LogP contribution in [0.4, 0.5) is 15.6 Å². The van der Waals surface area contributed by atoms with Crippen molar-refractivity contribution in [1.29, 1.82) is 5.26 Å². The number of urea groups is 1. The Hall–Kier alpha value is -3.64. The van der Waals surface area contributed by atoms with Crippen molar-refractivity contribution in [3.63, 3.8) is 0 Å². The fourth-order valence-electron chi connectivity index (χ4n) is 3.67. The molecule has 1 fully saturated rings. The van der Waals surface area contributed by atoms with Crippen molar-refractivity contribution in [2.75, 3.05) is 37.0 Å². The molecule has 32 heavy (non-hydrogen) atoms. The summed E-state index contributed by atoms with van der Waals surface area (Å²) >= 11 is 1.39. The summed E-state index contributed by atoms with van der Waals surface area (Å²) in [5.41, 5.74) is 2.34. The number of benzene rings is 2. The van der Waals surface area contributed by atoms with Crippen LogP contribution in [0.25, 0.3) is 0 Å². The first-order valence-electron chi connectivity index (χ1n) is 10.3. The summed E-state index contributed by atoms with van der Waals surface area (Å²) in [6.45, 7) is 4.00. The molecular weight excluding hydrogens is 424 g/mol. The molecule has 1 unspecified atom stereocenters. The molecule has 0 bridgehead atoms. The van der Waals surface area contributed by atoms with Crippen LogP contribution in [-0.4, -0.2) is 53.1 Å². The van der Waals surface area contributed by atoms with E-state index in [1.165, 1.54) is 11.5 Å². The van der Waals surface area contributed by atoms with Crippen LogP contribution in [0.15, 0.2) is 48.5 Å². The third-order valence-electron chi connectivity index (χ3n) is 5.38. The highest BCUT2D eigenvalue weighted by Gasteiger charge is 2.29. The molecule has 2 heterocycles. The van der Waals surface area contributed by atoms with E-state index in [0.29, 0.717) is 37.3 Å². The lowest BCUT2D eigenvalue weighted by molar-refractivity contribution is 0.185. The van der Waals surface area contributed by atoms with Gasteiger partial charge in [0, 0.05) is 49.3 Å². The van der Waals surface area contributed by atoms with Gasteiger partial charge in [-0.15, -0.1) is 0 Å². The Labute approximate surface area is 191 Å². The van der Waals surface area contributed by atoms with Crippen LogP contribution < -0.4 is 15.0 Å². The Morgan fingerprint density at radius 1 is 1.28 bits per heavy atom. The quantitative estimate of drug-likeness (QED) is 0.639. The summed E-state index contributed by atoms with van der Waals surface area (Å²) < 4.78 is 9.81. The van der Waals surface area contributed by atoms with Crippen molar-refractivity contribution < 1.29 is 9.53 Å². The van der Waals surface area contributed by atoms with E-state index in [-0.39, 0.29) is 12.1 Å². The second-order valence-electron chi connectivity index (χ2n) is 7.63. The molecule has 1 aliphatic heterocycles. The Balaban J connectivity index is 1.34. The average Bonchev–Trinajstić information content (AvgIpc) is 3.28. The smallest absolute Gasteiger partial charge is 0.322 e. The van der Waals surface area contributed by atoms with Gasteiger partial charge in [-0.1, -0.05) is 12.1 Å². The fourth-order valence-corrected chi connectivity index (χ4v) is 4.39. The number of amides is 2. The number of carbonyl (C=O) groups is 1. The molecule has 0 saturated carbocycles. The van der Waals surface area contributed by atoms with Gasteiger partial charge in [-0.3, -0.25) is 0 Å². The third-order valence-corrected chi connectivity index (χ3v) is 6.19. The maximum atomic E-state index is 12.7. The number of methoxy groups -OCH3 is 1. The standard InChI is InChI=1S/C23H24N6O2S/c1-16-15-28(10-11-29(16)22(30)25-19-8-6-17(14-24)7-9-19)23-26-21(27-32-23)13-18-4-3-5-20(12-18)31-2/h3-9,12,16H,10-11,13,15H2,1-2H3,(H,25,30). The van der Waals surface area contributed by atoms with Crippen LogP contribution in [0.3, 0.4) is 0 Å². The maximum absolute atomic E-state index is 12.7. The van der Waals surface area contributed by atoms with Crippen LogP contribution in [0.5, 0.6) is 5.75 Å². The Kier molecular flexibility index (Phi) is 6.52. The number of piperazine rings is 1. The minimum Gasteiger partial charge on any atom is -0.497 e. The highest BCUT2D eigenvalue weighted by molar-refractivity contribution is 7.09. The minimum atomic E-state index is -0.141. The lowest BCUT2D eigenvalue weighted by Crippen LogP contribution is -2.55. The summed E-state index contributed by atoms with van der Waals surface area (Å²) in [5, 5.41) is 12.7. The van der Waals surface area contributed by atoms with Crippen LogP contribution in [0, 0.1) is 11.3 Å². The molecule has 0 aliphatic carbocycles. The molecule has 1 atom stereocenters. The number of nitriles is 1. The van der Waals surface area contributed by atoms with Gasteiger partial charge in [0.05, 0.1) is 18.7 Å². The summed E-state index contributed by atoms with van der Waals surface area (Å²) in [5.74, 6) is 1.61. The summed E-state index contributed by atoms with van der Waals surface area (Å²) in [6, 6.07) is 16.7. The molecule has 4 rings (SSSR count). The van der Waals surface area contributed by atoms with Crippen molar-refractivity contribution >= 4 is 28.4 Å². The molecule has 0 spiro atoms. The first-order chi connectivity index (χ1) is 15.6. The Bertz CT molecular complexity index is 1120. The highest BCUT2D eigenvalue weighted by atomic mass is 32.1. The lowest BCUT2D eigenvalue weighted by atomic mass is 10.1. The zero-order valence-electron chi connectivity index (χ0n) is 18.0. The van der Waals surface area contributed by atoms with Gasteiger partial charge in [0.15, 0.2) is 0 Å². The minimum absolute atomic E-state index is 0.0212. The zero-order chi connectivity index (χ0) is 22.5. The number of rotatable bonds is 5. The molecule has 1 N–H and O–H groups in total. The van der Waals surface area contributed by atoms with E-state index < -0.39 is 0 Å². The largest absolute Gasteiger partial charge is 0.497 e. The topological polar surface area (TPSA) is 94.4 Å². The van der Waals surface area contributed by atoms with Gasteiger partial charge in [-0.2, -0.15) is 9.64 Å². The zero-order valence-corrected chi connectivity index (χ0v) is 18.8. The molecule has 2 amide bonds. The Morgan fingerprint density at radius 2 is 2.09 bits per heavy atom. The fraction of sp³-hybridized carbons (Fsp3) is 0.304. The number of nitrogens with one attached hydrogen (secondary N) is 1. The Morgan fingerprint density at radius 3 is 2.81 bits per heavy atom. The molecule has 1 saturated heterocycles. The molecule has 3 aromatic rings. The first kappa shape index (κ1) is 21.6. The van der Waals surface area contributed by atoms with Crippen molar-refractivity contribution in [3.8, 4) is 11.8 Å². The first-order valence-corrected chi connectivity index (χ1v) is 11.1. The van der Waals surface area contributed by atoms with Gasteiger partial charge in [0.25, 0.3) is 0 Å². The monoisotopic (exact) mass is 448 g/mol. The van der Waals surface area contributed by atoms with E-state index >= 15 is 0 Å². The summed E-state index contributed by atoms with van der Waals surface area (Å²) in [6.07, 6.45) is 0.649. The molecule has 164 valence electrons. The molecular formula is C23H24N6O2S. The van der Waals surface area contributed by atoms with Gasteiger partial charge in [-0.05, 0) is 48.9 Å². The summed E-state index contributed by atoms with van der Waals surface area (Å²) in [4.78, 5) is 21.5. The number of anilines is 2. The molecule has 2 aromatic carbocycles. The van der Waals surface area contributed by atoms with Crippen LogP contribution in [-0.2, 0) is 6.42 Å². The predicted molar refractivity (Wildman–Crippen MR) is 124 cm³/mol. The molecule has 8 nitrogen and oxygen atoms in total. The van der Waals surface area contributed by atoms with Crippen molar-refractivity contribution in [1.82, 2.24) is 14.3 Å². The van der Waals surface area contributed by atoms with Gasteiger partial charge in [0.1, 0.15) is 11.6 Å². The van der Waals surface area contributed by atoms with Crippen molar-refractivity contribution in [2.45, 2.75) is 19.4 Å². The molecule has 1 aliphatic rings. The molecule has 0 radical (unpaired) electrons. The number of ether oxygens (including phenoxy) is 1. The van der Waals surface area contributed by atoms with Gasteiger partial charge >= 0.3 is 6.03 Å². The van der Waals surface area contributed by atoms with Crippen LogP contribution in [0.1, 0.15) is 23.9 Å². The third kappa shape index (κ3) is 4.98.